The van der Waals surface area contributed by atoms with E-state index in [1.54, 1.807) is 33.2 Å². The van der Waals surface area contributed by atoms with Crippen LogP contribution < -0.4 is 21.3 Å². The van der Waals surface area contributed by atoms with Gasteiger partial charge in [0.1, 0.15) is 18.7 Å². The van der Waals surface area contributed by atoms with Crippen molar-refractivity contribution in [2.45, 2.75) is 71.8 Å². The molecule has 0 saturated carbocycles. The molecule has 0 saturated heterocycles. The molecule has 1 aromatic heterocycles. The van der Waals surface area contributed by atoms with Crippen LogP contribution in [0.5, 0.6) is 0 Å². The van der Waals surface area contributed by atoms with E-state index in [0.29, 0.717) is 6.42 Å². The molecule has 2 heterocycles. The Morgan fingerprint density at radius 1 is 1.03 bits per heavy atom. The smallest absolute Gasteiger partial charge is 0.408 e. The molecule has 12 heteroatoms. The molecular weight excluding hydrogens is 522 g/mol. The molecule has 1 aliphatic rings. The summed E-state index contributed by atoms with van der Waals surface area (Å²) in [5, 5.41) is 10.5. The Hall–Kier alpha value is -3.80. The lowest BCUT2D eigenvalue weighted by molar-refractivity contribution is -0.140. The minimum atomic E-state index is -1.07. The Labute approximate surface area is 231 Å². The summed E-state index contributed by atoms with van der Waals surface area (Å²) in [5.41, 5.74) is 3.25. The number of hydrogen-bond acceptors (Lipinski definition) is 8. The second-order valence-electron chi connectivity index (χ2n) is 10.0. The minimum Gasteiger partial charge on any atom is -0.445 e. The first-order valence-electron chi connectivity index (χ1n) is 12.9. The quantitative estimate of drug-likeness (QED) is 0.343. The van der Waals surface area contributed by atoms with E-state index >= 15 is 0 Å². The van der Waals surface area contributed by atoms with Gasteiger partial charge in [-0.15, -0.1) is 11.3 Å². The van der Waals surface area contributed by atoms with Crippen LogP contribution in [0.3, 0.4) is 0 Å². The van der Waals surface area contributed by atoms with E-state index in [0.717, 1.165) is 16.1 Å². The number of fused-ring (bicyclic) bond motifs is 1. The molecule has 0 spiro atoms. The van der Waals surface area contributed by atoms with Crippen molar-refractivity contribution in [2.24, 2.45) is 11.8 Å². The van der Waals surface area contributed by atoms with E-state index < -0.39 is 47.7 Å². The zero-order chi connectivity index (χ0) is 28.5. The number of amides is 4. The van der Waals surface area contributed by atoms with Gasteiger partial charge in [0.05, 0.1) is 23.8 Å². The highest BCUT2D eigenvalue weighted by Gasteiger charge is 2.34. The van der Waals surface area contributed by atoms with Gasteiger partial charge in [0.25, 0.3) is 5.91 Å². The molecule has 39 heavy (non-hydrogen) atoms. The van der Waals surface area contributed by atoms with Crippen molar-refractivity contribution in [2.75, 3.05) is 0 Å². The number of Topliss-reactive ketones (excluding diaryl/α,β-unsaturated/α-hetero) is 1. The maximum atomic E-state index is 13.3. The molecule has 4 N–H and O–H groups in total. The zero-order valence-electron chi connectivity index (χ0n) is 22.5. The number of rotatable bonds is 9. The number of aromatic nitrogens is 1. The maximum Gasteiger partial charge on any atom is 0.408 e. The van der Waals surface area contributed by atoms with Gasteiger partial charge < -0.3 is 26.0 Å². The van der Waals surface area contributed by atoms with Crippen molar-refractivity contribution in [3.05, 3.63) is 52.0 Å². The van der Waals surface area contributed by atoms with Crippen molar-refractivity contribution < 1.29 is 28.7 Å². The number of alkyl carbamates (subject to hydrolysis) is 1. The van der Waals surface area contributed by atoms with Crippen LogP contribution in [-0.4, -0.2) is 52.7 Å². The first-order chi connectivity index (χ1) is 18.6. The molecule has 1 aliphatic heterocycles. The lowest BCUT2D eigenvalue weighted by Crippen LogP contribution is -2.59. The Morgan fingerprint density at radius 2 is 1.69 bits per heavy atom. The molecule has 3 unspecified atom stereocenters. The predicted molar refractivity (Wildman–Crippen MR) is 144 cm³/mol. The fraction of sp³-hybridized carbons (Fsp3) is 0.481. The average molecular weight is 558 g/mol. The van der Waals surface area contributed by atoms with Gasteiger partial charge in [-0.25, -0.2) is 9.78 Å². The van der Waals surface area contributed by atoms with Crippen LogP contribution in [0.4, 0.5) is 4.79 Å². The third-order valence-electron chi connectivity index (χ3n) is 6.34. The van der Waals surface area contributed by atoms with E-state index in [4.69, 9.17) is 4.74 Å². The van der Waals surface area contributed by atoms with Gasteiger partial charge in [-0.1, -0.05) is 58.0 Å². The highest BCUT2D eigenvalue weighted by atomic mass is 32.1. The fourth-order valence-electron chi connectivity index (χ4n) is 4.06. The number of aryl methyl sites for hydroxylation is 1. The number of ether oxygens (including phenoxy) is 1. The number of benzene rings is 1. The SMILES string of the molecule is CC(C)C(NC(=O)OCc1ccccc1)C(=O)NC(C(=O)NC1CCc2ncsc2CNC(=O)C1=O)C(C)C. The molecule has 11 nitrogen and oxygen atoms in total. The zero-order valence-corrected chi connectivity index (χ0v) is 23.3. The number of thiazole rings is 1. The van der Waals surface area contributed by atoms with Crippen molar-refractivity contribution in [1.82, 2.24) is 26.3 Å². The largest absolute Gasteiger partial charge is 0.445 e. The van der Waals surface area contributed by atoms with Crippen LogP contribution in [-0.2, 0) is 43.5 Å². The second kappa shape index (κ2) is 13.8. The van der Waals surface area contributed by atoms with Gasteiger partial charge in [-0.05, 0) is 30.2 Å². The van der Waals surface area contributed by atoms with Crippen LogP contribution in [0.25, 0.3) is 0 Å². The summed E-state index contributed by atoms with van der Waals surface area (Å²) in [5.74, 6) is -3.37. The third kappa shape index (κ3) is 8.34. The topological polar surface area (TPSA) is 156 Å². The summed E-state index contributed by atoms with van der Waals surface area (Å²) >= 11 is 1.39. The van der Waals surface area contributed by atoms with Gasteiger partial charge in [0.15, 0.2) is 0 Å². The van der Waals surface area contributed by atoms with E-state index in [-0.39, 0.29) is 31.4 Å². The minimum absolute atomic E-state index is 0.0432. The monoisotopic (exact) mass is 557 g/mol. The molecule has 2 aromatic rings. The number of nitrogens with one attached hydrogen (secondary N) is 4. The first kappa shape index (κ1) is 29.8. The van der Waals surface area contributed by atoms with Gasteiger partial charge in [-0.3, -0.25) is 19.2 Å². The molecule has 0 bridgehead atoms. The number of ketones is 1. The van der Waals surface area contributed by atoms with Crippen molar-refractivity contribution >= 4 is 40.9 Å². The molecule has 0 radical (unpaired) electrons. The summed E-state index contributed by atoms with van der Waals surface area (Å²) in [7, 11) is 0. The number of nitrogens with zero attached hydrogens (tertiary/aromatic N) is 1. The summed E-state index contributed by atoms with van der Waals surface area (Å²) in [4.78, 5) is 69.2. The molecule has 0 fully saturated rings. The standard InChI is InChI=1S/C27H35N5O6S/c1-15(2)21(24(34)30-19-11-10-18-20(39-14-29-18)12-28-26(36)23(19)33)31-25(35)22(16(3)4)32-27(37)38-13-17-8-6-5-7-9-17/h5-9,14-16,19,21-22H,10-13H2,1-4H3,(H,28,36)(H,30,34)(H,31,35)(H,32,37). The molecule has 3 atom stereocenters. The van der Waals surface area contributed by atoms with E-state index in [9.17, 15) is 24.0 Å². The second-order valence-corrected chi connectivity index (χ2v) is 11.0. The van der Waals surface area contributed by atoms with Gasteiger partial charge in [-0.2, -0.15) is 0 Å². The van der Waals surface area contributed by atoms with Crippen LogP contribution >= 0.6 is 11.3 Å². The fourth-order valence-corrected chi connectivity index (χ4v) is 4.82. The number of carbonyl (C=O) groups excluding carboxylic acids is 5. The van der Waals surface area contributed by atoms with Gasteiger partial charge >= 0.3 is 6.09 Å². The molecule has 1 aromatic carbocycles. The highest BCUT2D eigenvalue weighted by Crippen LogP contribution is 2.18. The molecule has 4 amide bonds. The van der Waals surface area contributed by atoms with Crippen LogP contribution in [0.2, 0.25) is 0 Å². The van der Waals surface area contributed by atoms with Gasteiger partial charge in [0, 0.05) is 4.88 Å². The molecule has 210 valence electrons. The third-order valence-corrected chi connectivity index (χ3v) is 7.22. The number of hydrogen-bond donors (Lipinski definition) is 4. The molecular formula is C27H35N5O6S. The molecule has 0 aliphatic carbocycles. The lowest BCUT2D eigenvalue weighted by atomic mass is 9.98. The van der Waals surface area contributed by atoms with Crippen molar-refractivity contribution in [3.8, 4) is 0 Å². The van der Waals surface area contributed by atoms with Crippen LogP contribution in [0.15, 0.2) is 35.8 Å². The van der Waals surface area contributed by atoms with E-state index in [2.05, 4.69) is 26.3 Å². The van der Waals surface area contributed by atoms with E-state index in [1.807, 2.05) is 30.3 Å². The summed E-state index contributed by atoms with van der Waals surface area (Å²) < 4.78 is 5.24. The first-order valence-corrected chi connectivity index (χ1v) is 13.8. The molecule has 3 rings (SSSR count). The Morgan fingerprint density at radius 3 is 2.36 bits per heavy atom. The highest BCUT2D eigenvalue weighted by molar-refractivity contribution is 7.09. The normalized spacial score (nSPS) is 17.1. The Kier molecular flexibility index (Phi) is 10.6. The average Bonchev–Trinajstić information content (AvgIpc) is 3.37. The van der Waals surface area contributed by atoms with Crippen molar-refractivity contribution in [1.29, 1.82) is 0 Å². The van der Waals surface area contributed by atoms with Crippen LogP contribution in [0, 0.1) is 11.8 Å². The summed E-state index contributed by atoms with van der Waals surface area (Å²) in [6.07, 6.45) is -0.160. The summed E-state index contributed by atoms with van der Waals surface area (Å²) in [6.45, 7) is 7.25. The van der Waals surface area contributed by atoms with E-state index in [1.165, 1.54) is 11.3 Å². The Bertz CT molecular complexity index is 1180. The Balaban J connectivity index is 1.64. The van der Waals surface area contributed by atoms with Crippen LogP contribution in [0.1, 0.15) is 50.3 Å². The summed E-state index contributed by atoms with van der Waals surface area (Å²) in [6, 6.07) is 6.07. The maximum absolute atomic E-state index is 13.3. The lowest BCUT2D eigenvalue weighted by Gasteiger charge is -2.28. The van der Waals surface area contributed by atoms with Crippen molar-refractivity contribution in [3.63, 3.8) is 0 Å². The number of carbonyl (C=O) groups is 5. The predicted octanol–water partition coefficient (Wildman–Crippen LogP) is 1.85. The van der Waals surface area contributed by atoms with Gasteiger partial charge in [0.2, 0.25) is 17.6 Å².